The van der Waals surface area contributed by atoms with E-state index >= 15 is 0 Å². The highest BCUT2D eigenvalue weighted by Crippen LogP contribution is 2.33. The van der Waals surface area contributed by atoms with Gasteiger partial charge in [0, 0.05) is 11.3 Å². The molecule has 1 aromatic rings. The lowest BCUT2D eigenvalue weighted by atomic mass is 9.85. The van der Waals surface area contributed by atoms with Gasteiger partial charge in [-0.15, -0.1) is 0 Å². The third kappa shape index (κ3) is 3.83. The summed E-state index contributed by atoms with van der Waals surface area (Å²) >= 11 is 0. The minimum absolute atomic E-state index is 0.0225. The number of aliphatic hydroxyl groups is 1. The largest absolute Gasteiger partial charge is 0.507 e. The summed E-state index contributed by atoms with van der Waals surface area (Å²) in [5.41, 5.74) is 2.31. The number of hydrogen-bond donors (Lipinski definition) is 2. The Balaban J connectivity index is 3.24. The smallest absolute Gasteiger partial charge is 0.128 e. The molecular formula is C17H27NO2. The zero-order valence-corrected chi connectivity index (χ0v) is 13.4. The first-order valence-electron chi connectivity index (χ1n) is 7.16. The second-order valence-electron chi connectivity index (χ2n) is 6.66. The van der Waals surface area contributed by atoms with Crippen LogP contribution < -0.4 is 0 Å². The Kier molecular flexibility index (Phi) is 5.35. The molecule has 0 aromatic heterocycles. The summed E-state index contributed by atoms with van der Waals surface area (Å²) in [7, 11) is 0. The summed E-state index contributed by atoms with van der Waals surface area (Å²) in [5, 5.41) is 19.9. The number of hydrogen-bond acceptors (Lipinski definition) is 3. The van der Waals surface area contributed by atoms with Gasteiger partial charge in [0.15, 0.2) is 0 Å². The Labute approximate surface area is 122 Å². The van der Waals surface area contributed by atoms with Crippen LogP contribution in [-0.2, 0) is 5.41 Å². The lowest BCUT2D eigenvalue weighted by Gasteiger charge is -2.22. The second-order valence-corrected chi connectivity index (χ2v) is 6.66. The van der Waals surface area contributed by atoms with Crippen molar-refractivity contribution in [2.75, 3.05) is 6.61 Å². The van der Waals surface area contributed by atoms with Crippen molar-refractivity contribution < 1.29 is 10.2 Å². The van der Waals surface area contributed by atoms with Gasteiger partial charge in [-0.1, -0.05) is 46.8 Å². The summed E-state index contributed by atoms with van der Waals surface area (Å²) in [6.07, 6.45) is 0. The Morgan fingerprint density at radius 1 is 1.25 bits per heavy atom. The fourth-order valence-corrected chi connectivity index (χ4v) is 2.16. The molecule has 0 unspecified atom stereocenters. The quantitative estimate of drug-likeness (QED) is 0.827. The van der Waals surface area contributed by atoms with Gasteiger partial charge in [0.1, 0.15) is 5.75 Å². The van der Waals surface area contributed by atoms with Gasteiger partial charge >= 0.3 is 0 Å². The summed E-state index contributed by atoms with van der Waals surface area (Å²) in [6.45, 7) is 12.2. The first-order chi connectivity index (χ1) is 9.18. The molecule has 3 nitrogen and oxygen atoms in total. The highest BCUT2D eigenvalue weighted by molar-refractivity contribution is 6.01. The summed E-state index contributed by atoms with van der Waals surface area (Å²) in [6, 6.07) is 5.63. The molecule has 0 spiro atoms. The summed E-state index contributed by atoms with van der Waals surface area (Å²) < 4.78 is 0. The van der Waals surface area contributed by atoms with Gasteiger partial charge < -0.3 is 10.2 Å². The van der Waals surface area contributed by atoms with Gasteiger partial charge in [-0.05, 0) is 29.9 Å². The topological polar surface area (TPSA) is 52.8 Å². The zero-order valence-electron chi connectivity index (χ0n) is 13.4. The van der Waals surface area contributed by atoms with Crippen LogP contribution in [0.2, 0.25) is 0 Å². The molecule has 0 saturated carbocycles. The minimum Gasteiger partial charge on any atom is -0.507 e. The van der Waals surface area contributed by atoms with Crippen LogP contribution in [0.4, 0.5) is 0 Å². The van der Waals surface area contributed by atoms with E-state index in [0.29, 0.717) is 5.75 Å². The molecule has 0 saturated heterocycles. The molecule has 1 aromatic carbocycles. The van der Waals surface area contributed by atoms with Crippen LogP contribution in [0, 0.1) is 5.92 Å². The van der Waals surface area contributed by atoms with E-state index in [1.54, 1.807) is 0 Å². The number of para-hydroxylation sites is 1. The van der Waals surface area contributed by atoms with Crippen molar-refractivity contribution in [1.29, 1.82) is 0 Å². The third-order valence-electron chi connectivity index (χ3n) is 3.55. The number of benzene rings is 1. The highest BCUT2D eigenvalue weighted by atomic mass is 16.3. The Bertz CT molecular complexity index is 484. The molecule has 1 rings (SSSR count). The van der Waals surface area contributed by atoms with Crippen LogP contribution >= 0.6 is 0 Å². The van der Waals surface area contributed by atoms with Crippen LogP contribution in [0.15, 0.2) is 23.2 Å². The fourth-order valence-electron chi connectivity index (χ4n) is 2.16. The molecule has 1 atom stereocenters. The number of phenols is 1. The van der Waals surface area contributed by atoms with Gasteiger partial charge in [-0.2, -0.15) is 0 Å². The number of aliphatic imine (C=N–C) groups is 1. The summed E-state index contributed by atoms with van der Waals surface area (Å²) in [5.74, 6) is 0.560. The molecule has 0 bridgehead atoms. The normalized spacial score (nSPS) is 14.7. The van der Waals surface area contributed by atoms with Crippen molar-refractivity contribution in [3.63, 3.8) is 0 Å². The van der Waals surface area contributed by atoms with E-state index in [0.717, 1.165) is 16.8 Å². The average Bonchev–Trinajstić information content (AvgIpc) is 2.34. The van der Waals surface area contributed by atoms with Crippen molar-refractivity contribution in [2.24, 2.45) is 10.9 Å². The molecule has 0 aliphatic rings. The average molecular weight is 277 g/mol. The van der Waals surface area contributed by atoms with Crippen molar-refractivity contribution in [2.45, 2.75) is 53.0 Å². The van der Waals surface area contributed by atoms with E-state index in [1.807, 2.05) is 39.0 Å². The predicted molar refractivity (Wildman–Crippen MR) is 84.7 cm³/mol. The van der Waals surface area contributed by atoms with E-state index in [2.05, 4.69) is 25.8 Å². The molecule has 2 N–H and O–H groups in total. The number of aliphatic hydroxyl groups excluding tert-OH is 1. The fraction of sp³-hybridized carbons (Fsp3) is 0.588. The van der Waals surface area contributed by atoms with Crippen LogP contribution in [-0.4, -0.2) is 28.6 Å². The molecule has 0 aliphatic carbocycles. The minimum atomic E-state index is -0.132. The maximum Gasteiger partial charge on any atom is 0.128 e. The van der Waals surface area contributed by atoms with Gasteiger partial charge in [0.2, 0.25) is 0 Å². The third-order valence-corrected chi connectivity index (χ3v) is 3.55. The van der Waals surface area contributed by atoms with Gasteiger partial charge in [-0.25, -0.2) is 0 Å². The highest BCUT2D eigenvalue weighted by Gasteiger charge is 2.21. The second kappa shape index (κ2) is 6.40. The lowest BCUT2D eigenvalue weighted by molar-refractivity contribution is 0.240. The van der Waals surface area contributed by atoms with Crippen molar-refractivity contribution in [3.8, 4) is 5.75 Å². The molecule has 20 heavy (non-hydrogen) atoms. The zero-order chi connectivity index (χ0) is 15.5. The van der Waals surface area contributed by atoms with E-state index in [-0.39, 0.29) is 24.0 Å². The number of rotatable bonds is 4. The van der Waals surface area contributed by atoms with Crippen LogP contribution in [0.25, 0.3) is 0 Å². The Morgan fingerprint density at radius 3 is 2.30 bits per heavy atom. The molecule has 0 fully saturated rings. The van der Waals surface area contributed by atoms with Crippen LogP contribution in [0.5, 0.6) is 5.75 Å². The van der Waals surface area contributed by atoms with E-state index < -0.39 is 0 Å². The van der Waals surface area contributed by atoms with Crippen LogP contribution in [0.3, 0.4) is 0 Å². The van der Waals surface area contributed by atoms with Crippen molar-refractivity contribution in [1.82, 2.24) is 0 Å². The molecule has 3 heteroatoms. The van der Waals surface area contributed by atoms with Crippen molar-refractivity contribution in [3.05, 3.63) is 29.3 Å². The molecule has 0 aliphatic heterocycles. The van der Waals surface area contributed by atoms with E-state index in [4.69, 9.17) is 0 Å². The monoisotopic (exact) mass is 277 g/mol. The summed E-state index contributed by atoms with van der Waals surface area (Å²) in [4.78, 5) is 4.56. The predicted octanol–water partition coefficient (Wildman–Crippen LogP) is 3.52. The maximum absolute atomic E-state index is 10.5. The Hall–Kier alpha value is -1.35. The first-order valence-corrected chi connectivity index (χ1v) is 7.16. The molecule has 112 valence electrons. The number of phenolic OH excluding ortho intramolecular Hbond substituents is 1. The van der Waals surface area contributed by atoms with Gasteiger partial charge in [0.05, 0.1) is 12.6 Å². The van der Waals surface area contributed by atoms with Gasteiger partial charge in [-0.3, -0.25) is 4.99 Å². The maximum atomic E-state index is 10.5. The Morgan fingerprint density at radius 2 is 1.85 bits per heavy atom. The van der Waals surface area contributed by atoms with Crippen LogP contribution in [0.1, 0.15) is 52.7 Å². The number of nitrogens with zero attached hydrogens (tertiary/aromatic N) is 1. The molecular weight excluding hydrogens is 250 g/mol. The van der Waals surface area contributed by atoms with E-state index in [9.17, 15) is 10.2 Å². The van der Waals surface area contributed by atoms with Gasteiger partial charge in [0.25, 0.3) is 0 Å². The first kappa shape index (κ1) is 16.7. The standard InChI is InChI=1S/C17H27NO2/c1-11(2)15(10-19)18-12(3)13-8-7-9-14(16(13)20)17(4,5)6/h7-9,11,15,19-20H,10H2,1-6H3/t15-/m1/s1. The lowest BCUT2D eigenvalue weighted by Crippen LogP contribution is -2.20. The molecule has 0 radical (unpaired) electrons. The number of aromatic hydroxyl groups is 1. The van der Waals surface area contributed by atoms with Crippen molar-refractivity contribution >= 4 is 5.71 Å². The SMILES string of the molecule is CC(=N[C@H](CO)C(C)C)c1cccc(C(C)(C)C)c1O. The van der Waals surface area contributed by atoms with E-state index in [1.165, 1.54) is 0 Å². The molecule has 0 heterocycles. The molecule has 0 amide bonds.